The third kappa shape index (κ3) is 2.26. The first-order valence-corrected chi connectivity index (χ1v) is 7.16. The Morgan fingerprint density at radius 2 is 2.14 bits per heavy atom. The highest BCUT2D eigenvalue weighted by Gasteiger charge is 2.19. The summed E-state index contributed by atoms with van der Waals surface area (Å²) in [5.41, 5.74) is 4.33. The van der Waals surface area contributed by atoms with Crippen molar-refractivity contribution in [3.8, 4) is 5.75 Å². The number of aromatic amines is 1. The molecule has 0 bridgehead atoms. The molecule has 2 heterocycles. The van der Waals surface area contributed by atoms with E-state index in [-0.39, 0.29) is 0 Å². The second kappa shape index (κ2) is 5.06. The van der Waals surface area contributed by atoms with E-state index in [1.54, 1.807) is 0 Å². The predicted molar refractivity (Wildman–Crippen MR) is 79.3 cm³/mol. The topological polar surface area (TPSA) is 38.1 Å². The summed E-state index contributed by atoms with van der Waals surface area (Å²) in [6, 6.07) is 12.1. The van der Waals surface area contributed by atoms with Crippen molar-refractivity contribution >= 4 is 22.6 Å². The molecule has 0 fully saturated rings. The Morgan fingerprint density at radius 3 is 3.10 bits per heavy atom. The summed E-state index contributed by atoms with van der Waals surface area (Å²) in [5, 5.41) is 0.707. The number of halogens is 1. The van der Waals surface area contributed by atoms with Gasteiger partial charge in [-0.1, -0.05) is 23.7 Å². The van der Waals surface area contributed by atoms with Gasteiger partial charge in [-0.05, 0) is 24.3 Å². The number of hydrogen-bond acceptors (Lipinski definition) is 2. The molecule has 0 unspecified atom stereocenters. The largest absolute Gasteiger partial charge is 0.467 e. The molecule has 2 aromatic carbocycles. The molecule has 1 aromatic heterocycles. The number of ether oxygens (including phenoxy) is 2. The van der Waals surface area contributed by atoms with Gasteiger partial charge in [-0.2, -0.15) is 0 Å². The number of nitrogens with one attached hydrogen (secondary N) is 1. The smallest absolute Gasteiger partial charge is 0.242 e. The second-order valence-corrected chi connectivity index (χ2v) is 5.52. The van der Waals surface area contributed by atoms with Gasteiger partial charge in [-0.15, -0.1) is 0 Å². The van der Waals surface area contributed by atoms with Gasteiger partial charge in [0.25, 0.3) is 0 Å². The van der Waals surface area contributed by atoms with Gasteiger partial charge < -0.3 is 9.47 Å². The lowest BCUT2D eigenvalue weighted by Gasteiger charge is -2.20. The standard InChI is InChI=1S/C16H13ClN2O2/c17-13-5-11(16-12(6-13)8-20-10-21-16)7-19-9-18-14-3-1-2-4-15(14)19/h1-6,9H,7-8,10H2/p+1. The number of para-hydroxylation sites is 2. The first-order valence-electron chi connectivity index (χ1n) is 6.78. The number of imidazole rings is 1. The van der Waals surface area contributed by atoms with Crippen LogP contribution in [0.15, 0.2) is 42.7 Å². The van der Waals surface area contributed by atoms with E-state index in [9.17, 15) is 0 Å². The number of nitrogens with zero attached hydrogens (tertiary/aromatic N) is 1. The molecule has 1 aliphatic heterocycles. The van der Waals surface area contributed by atoms with Crippen LogP contribution in [0.25, 0.3) is 11.0 Å². The molecule has 0 spiro atoms. The second-order valence-electron chi connectivity index (χ2n) is 5.08. The highest BCUT2D eigenvalue weighted by atomic mass is 35.5. The molecule has 3 aromatic rings. The third-order valence-corrected chi connectivity index (χ3v) is 3.90. The maximum atomic E-state index is 6.21. The zero-order valence-electron chi connectivity index (χ0n) is 11.3. The number of benzene rings is 2. The Morgan fingerprint density at radius 1 is 1.24 bits per heavy atom. The van der Waals surface area contributed by atoms with Crippen molar-refractivity contribution in [1.29, 1.82) is 0 Å². The molecule has 1 aliphatic rings. The number of fused-ring (bicyclic) bond motifs is 2. The molecule has 5 heteroatoms. The van der Waals surface area contributed by atoms with Crippen molar-refractivity contribution in [2.45, 2.75) is 13.2 Å². The van der Waals surface area contributed by atoms with E-state index >= 15 is 0 Å². The Labute approximate surface area is 126 Å². The third-order valence-electron chi connectivity index (χ3n) is 3.68. The van der Waals surface area contributed by atoms with Crippen molar-refractivity contribution in [2.24, 2.45) is 0 Å². The Hall–Kier alpha value is -2.04. The fourth-order valence-electron chi connectivity index (χ4n) is 2.75. The van der Waals surface area contributed by atoms with E-state index < -0.39 is 0 Å². The average molecular weight is 302 g/mol. The molecule has 0 aliphatic carbocycles. The van der Waals surface area contributed by atoms with E-state index in [2.05, 4.69) is 21.7 Å². The van der Waals surface area contributed by atoms with Gasteiger partial charge in [0.2, 0.25) is 6.33 Å². The predicted octanol–water partition coefficient (Wildman–Crippen LogP) is 3.02. The monoisotopic (exact) mass is 301 g/mol. The van der Waals surface area contributed by atoms with Crippen LogP contribution in [0.4, 0.5) is 0 Å². The quantitative estimate of drug-likeness (QED) is 0.739. The van der Waals surface area contributed by atoms with Crippen LogP contribution in [-0.4, -0.2) is 11.8 Å². The molecule has 0 saturated carbocycles. The number of rotatable bonds is 2. The molecule has 4 nitrogen and oxygen atoms in total. The fraction of sp³-hybridized carbons (Fsp3) is 0.188. The van der Waals surface area contributed by atoms with Gasteiger partial charge in [-0.25, -0.2) is 9.55 Å². The molecule has 0 atom stereocenters. The van der Waals surface area contributed by atoms with Gasteiger partial charge in [0.1, 0.15) is 12.3 Å². The lowest BCUT2D eigenvalue weighted by atomic mass is 10.1. The lowest BCUT2D eigenvalue weighted by Crippen LogP contribution is -2.33. The normalized spacial score (nSPS) is 14.0. The molecule has 0 amide bonds. The lowest BCUT2D eigenvalue weighted by molar-refractivity contribution is -0.662. The van der Waals surface area contributed by atoms with Crippen LogP contribution in [-0.2, 0) is 17.9 Å². The summed E-state index contributed by atoms with van der Waals surface area (Å²) >= 11 is 6.21. The molecule has 1 N–H and O–H groups in total. The Balaban J connectivity index is 1.79. The van der Waals surface area contributed by atoms with E-state index in [1.165, 1.54) is 0 Å². The van der Waals surface area contributed by atoms with Crippen LogP contribution >= 0.6 is 11.6 Å². The van der Waals surface area contributed by atoms with E-state index in [4.69, 9.17) is 21.1 Å². The molecule has 4 rings (SSSR count). The zero-order valence-corrected chi connectivity index (χ0v) is 12.1. The zero-order chi connectivity index (χ0) is 14.2. The van der Waals surface area contributed by atoms with Gasteiger partial charge in [0.15, 0.2) is 17.8 Å². The first-order chi connectivity index (χ1) is 10.3. The van der Waals surface area contributed by atoms with Crippen LogP contribution in [0.3, 0.4) is 0 Å². The minimum absolute atomic E-state index is 0.292. The molecular weight excluding hydrogens is 288 g/mol. The van der Waals surface area contributed by atoms with Gasteiger partial charge >= 0.3 is 0 Å². The highest BCUT2D eigenvalue weighted by molar-refractivity contribution is 6.30. The molecular formula is C16H14ClN2O2+. The summed E-state index contributed by atoms with van der Waals surface area (Å²) in [6.07, 6.45) is 1.97. The molecule has 106 valence electrons. The SMILES string of the molecule is Clc1cc2c(c(C[n+]3c[nH]c4ccccc43)c1)OCOC2. The number of aromatic nitrogens is 2. The molecule has 21 heavy (non-hydrogen) atoms. The van der Waals surface area contributed by atoms with E-state index in [1.807, 2.05) is 30.6 Å². The van der Waals surface area contributed by atoms with Crippen LogP contribution in [0.2, 0.25) is 5.02 Å². The summed E-state index contributed by atoms with van der Waals surface area (Å²) in [7, 11) is 0. The minimum Gasteiger partial charge on any atom is -0.467 e. The van der Waals surface area contributed by atoms with Gasteiger partial charge in [-0.3, -0.25) is 0 Å². The average Bonchev–Trinajstić information content (AvgIpc) is 2.90. The van der Waals surface area contributed by atoms with Crippen LogP contribution in [0.1, 0.15) is 11.1 Å². The van der Waals surface area contributed by atoms with Crippen molar-refractivity contribution < 1.29 is 14.0 Å². The van der Waals surface area contributed by atoms with Crippen LogP contribution < -0.4 is 9.30 Å². The van der Waals surface area contributed by atoms with Crippen molar-refractivity contribution in [1.82, 2.24) is 4.98 Å². The van der Waals surface area contributed by atoms with E-state index in [0.717, 1.165) is 27.9 Å². The van der Waals surface area contributed by atoms with Crippen molar-refractivity contribution in [2.75, 3.05) is 6.79 Å². The maximum absolute atomic E-state index is 6.21. The highest BCUT2D eigenvalue weighted by Crippen LogP contribution is 2.31. The summed E-state index contributed by atoms with van der Waals surface area (Å²) in [5.74, 6) is 0.892. The first kappa shape index (κ1) is 12.7. The fourth-order valence-corrected chi connectivity index (χ4v) is 3.02. The Bertz CT molecular complexity index is 813. The van der Waals surface area contributed by atoms with Gasteiger partial charge in [0.05, 0.1) is 6.61 Å². The number of hydrogen-bond donors (Lipinski definition) is 1. The molecule has 0 saturated heterocycles. The van der Waals surface area contributed by atoms with Crippen molar-refractivity contribution in [3.63, 3.8) is 0 Å². The van der Waals surface area contributed by atoms with Crippen molar-refractivity contribution in [3.05, 3.63) is 58.9 Å². The molecule has 0 radical (unpaired) electrons. The van der Waals surface area contributed by atoms with Crippen LogP contribution in [0, 0.1) is 0 Å². The maximum Gasteiger partial charge on any atom is 0.242 e. The Kier molecular flexibility index (Phi) is 3.05. The van der Waals surface area contributed by atoms with Gasteiger partial charge in [0, 0.05) is 16.1 Å². The number of H-pyrrole nitrogens is 1. The van der Waals surface area contributed by atoms with E-state index in [0.29, 0.717) is 25.0 Å². The summed E-state index contributed by atoms with van der Waals surface area (Å²) < 4.78 is 13.1. The summed E-state index contributed by atoms with van der Waals surface area (Å²) in [4.78, 5) is 3.27. The minimum atomic E-state index is 0.292. The van der Waals surface area contributed by atoms with Crippen LogP contribution in [0.5, 0.6) is 5.75 Å². The summed E-state index contributed by atoms with van der Waals surface area (Å²) in [6.45, 7) is 1.54.